The zero-order valence-corrected chi connectivity index (χ0v) is 14.9. The second-order valence-corrected chi connectivity index (χ2v) is 6.50. The van der Waals surface area contributed by atoms with Gasteiger partial charge in [-0.3, -0.25) is 9.89 Å². The van der Waals surface area contributed by atoms with E-state index in [4.69, 9.17) is 9.41 Å². The maximum absolute atomic E-state index is 5.53. The fourth-order valence-electron chi connectivity index (χ4n) is 2.27. The summed E-state index contributed by atoms with van der Waals surface area (Å²) in [7, 11) is 4.08. The Labute approximate surface area is 142 Å². The van der Waals surface area contributed by atoms with Gasteiger partial charge in [0, 0.05) is 18.0 Å². The molecule has 0 amide bonds. The lowest BCUT2D eigenvalue weighted by atomic mass is 10.2. The minimum absolute atomic E-state index is 0.137. The van der Waals surface area contributed by atoms with E-state index in [-0.39, 0.29) is 6.04 Å². The van der Waals surface area contributed by atoms with Crippen LogP contribution in [0.2, 0.25) is 0 Å². The third kappa shape index (κ3) is 5.73. The van der Waals surface area contributed by atoms with Gasteiger partial charge in [-0.2, -0.15) is 0 Å². The third-order valence-corrected chi connectivity index (χ3v) is 4.44. The lowest BCUT2D eigenvalue weighted by Gasteiger charge is -2.21. The van der Waals surface area contributed by atoms with Crippen LogP contribution in [-0.4, -0.2) is 44.6 Å². The Morgan fingerprint density at radius 3 is 2.78 bits per heavy atom. The van der Waals surface area contributed by atoms with Gasteiger partial charge < -0.3 is 15.1 Å². The van der Waals surface area contributed by atoms with Gasteiger partial charge in [-0.15, -0.1) is 11.3 Å². The second kappa shape index (κ2) is 9.37. The van der Waals surface area contributed by atoms with Crippen molar-refractivity contribution in [2.24, 2.45) is 4.99 Å². The topological polar surface area (TPSA) is 52.8 Å². The molecular formula is C17H26N4OS. The quantitative estimate of drug-likeness (QED) is 0.576. The summed E-state index contributed by atoms with van der Waals surface area (Å²) in [5, 5.41) is 8.80. The number of guanidine groups is 1. The maximum Gasteiger partial charge on any atom is 0.191 e. The molecule has 0 fully saturated rings. The molecule has 0 aliphatic rings. The first-order chi connectivity index (χ1) is 11.2. The van der Waals surface area contributed by atoms with E-state index in [2.05, 4.69) is 40.0 Å². The van der Waals surface area contributed by atoms with Gasteiger partial charge in [-0.05, 0) is 51.0 Å². The summed E-state index contributed by atoms with van der Waals surface area (Å²) in [5.74, 6) is 1.79. The number of thiophene rings is 1. The summed E-state index contributed by atoms with van der Waals surface area (Å²) >= 11 is 1.79. The molecule has 2 aromatic heterocycles. The second-order valence-electron chi connectivity index (χ2n) is 5.47. The zero-order valence-electron chi connectivity index (χ0n) is 14.1. The Balaban J connectivity index is 1.91. The molecule has 2 rings (SSSR count). The molecule has 0 aromatic carbocycles. The first-order valence-electron chi connectivity index (χ1n) is 7.95. The van der Waals surface area contributed by atoms with Crippen molar-refractivity contribution in [1.29, 1.82) is 0 Å². The highest BCUT2D eigenvalue weighted by atomic mass is 32.1. The van der Waals surface area contributed by atoms with Crippen LogP contribution in [0.4, 0.5) is 0 Å². The first-order valence-corrected chi connectivity index (χ1v) is 8.83. The van der Waals surface area contributed by atoms with Gasteiger partial charge in [0.1, 0.15) is 5.76 Å². The summed E-state index contributed by atoms with van der Waals surface area (Å²) in [6.07, 6.45) is 2.72. The molecule has 2 aromatic rings. The van der Waals surface area contributed by atoms with Crippen LogP contribution in [0.5, 0.6) is 0 Å². The van der Waals surface area contributed by atoms with E-state index in [0.29, 0.717) is 6.54 Å². The Bertz CT molecular complexity index is 563. The SMILES string of the molecule is CCNC(=NCC(c1ccco1)N(C)C)NCCc1cccs1. The van der Waals surface area contributed by atoms with Crippen molar-refractivity contribution in [2.75, 3.05) is 33.7 Å². The molecule has 0 saturated heterocycles. The van der Waals surface area contributed by atoms with E-state index in [1.165, 1.54) is 4.88 Å². The standard InChI is InChI=1S/C17H26N4OS/c1-4-18-17(19-10-9-14-7-6-12-23-14)20-13-15(21(2)3)16-8-5-11-22-16/h5-8,11-12,15H,4,9-10,13H2,1-3H3,(H2,18,19,20). The average molecular weight is 334 g/mol. The van der Waals surface area contributed by atoms with Crippen molar-refractivity contribution in [1.82, 2.24) is 15.5 Å². The molecule has 0 saturated carbocycles. The van der Waals surface area contributed by atoms with Gasteiger partial charge in [0.05, 0.1) is 18.8 Å². The highest BCUT2D eigenvalue weighted by Gasteiger charge is 2.16. The molecule has 0 radical (unpaired) electrons. The van der Waals surface area contributed by atoms with Crippen molar-refractivity contribution < 1.29 is 4.42 Å². The Hall–Kier alpha value is -1.79. The number of hydrogen-bond acceptors (Lipinski definition) is 4. The van der Waals surface area contributed by atoms with Crippen molar-refractivity contribution in [2.45, 2.75) is 19.4 Å². The molecule has 0 spiro atoms. The predicted molar refractivity (Wildman–Crippen MR) is 97.1 cm³/mol. The number of furan rings is 1. The van der Waals surface area contributed by atoms with E-state index < -0.39 is 0 Å². The average Bonchev–Trinajstić information content (AvgIpc) is 3.20. The molecule has 1 atom stereocenters. The Morgan fingerprint density at radius 1 is 1.30 bits per heavy atom. The van der Waals surface area contributed by atoms with E-state index in [0.717, 1.165) is 31.2 Å². The van der Waals surface area contributed by atoms with E-state index >= 15 is 0 Å². The van der Waals surface area contributed by atoms with Crippen LogP contribution in [0.1, 0.15) is 23.6 Å². The monoisotopic (exact) mass is 334 g/mol. The summed E-state index contributed by atoms with van der Waals surface area (Å²) < 4.78 is 5.53. The molecular weight excluding hydrogens is 308 g/mol. The number of nitrogens with zero attached hydrogens (tertiary/aromatic N) is 2. The fraction of sp³-hybridized carbons (Fsp3) is 0.471. The number of hydrogen-bond donors (Lipinski definition) is 2. The van der Waals surface area contributed by atoms with Gasteiger partial charge in [-0.25, -0.2) is 0 Å². The Kier molecular flexibility index (Phi) is 7.16. The Morgan fingerprint density at radius 2 is 2.17 bits per heavy atom. The highest BCUT2D eigenvalue weighted by Crippen LogP contribution is 2.18. The van der Waals surface area contributed by atoms with Crippen LogP contribution < -0.4 is 10.6 Å². The molecule has 2 N–H and O–H groups in total. The number of rotatable bonds is 8. The highest BCUT2D eigenvalue weighted by molar-refractivity contribution is 7.09. The normalized spacial score (nSPS) is 13.3. The van der Waals surface area contributed by atoms with Gasteiger partial charge in [0.2, 0.25) is 0 Å². The van der Waals surface area contributed by atoms with E-state index in [9.17, 15) is 0 Å². The zero-order chi connectivity index (χ0) is 16.5. The minimum atomic E-state index is 0.137. The minimum Gasteiger partial charge on any atom is -0.468 e. The van der Waals surface area contributed by atoms with Crippen molar-refractivity contribution in [3.63, 3.8) is 0 Å². The number of likely N-dealkylation sites (N-methyl/N-ethyl adjacent to an activating group) is 1. The molecule has 6 heteroatoms. The summed E-state index contributed by atoms with van der Waals surface area (Å²) in [6.45, 7) is 4.44. The van der Waals surface area contributed by atoms with Crippen molar-refractivity contribution in [3.8, 4) is 0 Å². The van der Waals surface area contributed by atoms with Crippen LogP contribution in [-0.2, 0) is 6.42 Å². The number of aliphatic imine (C=N–C) groups is 1. The third-order valence-electron chi connectivity index (χ3n) is 3.51. The molecule has 5 nitrogen and oxygen atoms in total. The van der Waals surface area contributed by atoms with Crippen molar-refractivity contribution >= 4 is 17.3 Å². The van der Waals surface area contributed by atoms with Crippen LogP contribution in [0.25, 0.3) is 0 Å². The molecule has 2 heterocycles. The molecule has 23 heavy (non-hydrogen) atoms. The fourth-order valence-corrected chi connectivity index (χ4v) is 2.98. The van der Waals surface area contributed by atoms with Crippen LogP contribution in [0.3, 0.4) is 0 Å². The summed E-state index contributed by atoms with van der Waals surface area (Å²) in [5.41, 5.74) is 0. The smallest absolute Gasteiger partial charge is 0.191 e. The molecule has 1 unspecified atom stereocenters. The van der Waals surface area contributed by atoms with Gasteiger partial charge in [-0.1, -0.05) is 6.07 Å². The van der Waals surface area contributed by atoms with Gasteiger partial charge in [0.25, 0.3) is 0 Å². The summed E-state index contributed by atoms with van der Waals surface area (Å²) in [4.78, 5) is 8.21. The number of nitrogens with one attached hydrogen (secondary N) is 2. The lowest BCUT2D eigenvalue weighted by Crippen LogP contribution is -2.39. The maximum atomic E-state index is 5.53. The first kappa shape index (κ1) is 17.6. The molecule has 0 aliphatic heterocycles. The van der Waals surface area contributed by atoms with Crippen LogP contribution in [0.15, 0.2) is 45.3 Å². The van der Waals surface area contributed by atoms with Gasteiger partial charge in [0.15, 0.2) is 5.96 Å². The lowest BCUT2D eigenvalue weighted by molar-refractivity contribution is 0.265. The van der Waals surface area contributed by atoms with Crippen LogP contribution >= 0.6 is 11.3 Å². The van der Waals surface area contributed by atoms with E-state index in [1.54, 1.807) is 17.6 Å². The predicted octanol–water partition coefficient (Wildman–Crippen LogP) is 2.74. The van der Waals surface area contributed by atoms with Gasteiger partial charge >= 0.3 is 0 Å². The van der Waals surface area contributed by atoms with E-state index in [1.807, 2.05) is 26.2 Å². The van der Waals surface area contributed by atoms with Crippen LogP contribution in [0, 0.1) is 0 Å². The molecule has 0 aliphatic carbocycles. The summed E-state index contributed by atoms with van der Waals surface area (Å²) in [6, 6.07) is 8.30. The largest absolute Gasteiger partial charge is 0.468 e. The van der Waals surface area contributed by atoms with Crippen molar-refractivity contribution in [3.05, 3.63) is 46.5 Å². The molecule has 0 bridgehead atoms. The molecule has 126 valence electrons.